The Morgan fingerprint density at radius 1 is 1.25 bits per heavy atom. The highest BCUT2D eigenvalue weighted by Gasteiger charge is 2.22. The molecule has 1 aromatic rings. The normalized spacial score (nSPS) is 12.1. The lowest BCUT2D eigenvalue weighted by molar-refractivity contribution is 0.289. The molecule has 0 saturated carbocycles. The first-order chi connectivity index (χ1) is 7.56. The molecule has 0 atom stereocenters. The third kappa shape index (κ3) is 3.31. The van der Waals surface area contributed by atoms with E-state index in [4.69, 9.17) is 0 Å². The number of rotatable bonds is 6. The zero-order valence-electron chi connectivity index (χ0n) is 10.7. The Bertz CT molecular complexity index is 301. The highest BCUT2D eigenvalue weighted by molar-refractivity contribution is 9.10. The summed E-state index contributed by atoms with van der Waals surface area (Å²) in [7, 11) is 0. The van der Waals surface area contributed by atoms with Gasteiger partial charge < -0.3 is 5.32 Å². The van der Waals surface area contributed by atoms with Gasteiger partial charge in [-0.2, -0.15) is 0 Å². The maximum absolute atomic E-state index is 3.73. The Kier molecular flexibility index (Phi) is 5.48. The summed E-state index contributed by atoms with van der Waals surface area (Å²) in [4.78, 5) is 2.79. The smallest absolute Gasteiger partial charge is 0.0314 e. The number of aryl methyl sites for hydroxylation is 1. The van der Waals surface area contributed by atoms with Gasteiger partial charge in [-0.25, -0.2) is 0 Å². The van der Waals surface area contributed by atoms with Crippen molar-refractivity contribution in [3.05, 3.63) is 20.3 Å². The van der Waals surface area contributed by atoms with Crippen LogP contribution in [-0.4, -0.2) is 5.54 Å². The van der Waals surface area contributed by atoms with Crippen molar-refractivity contribution >= 4 is 27.3 Å². The monoisotopic (exact) mass is 303 g/mol. The summed E-state index contributed by atoms with van der Waals surface area (Å²) in [6.07, 6.45) is 3.60. The first-order valence-electron chi connectivity index (χ1n) is 6.06. The molecule has 0 unspecified atom stereocenters. The standard InChI is InChI=1S/C13H22BrNS/c1-5-13(6-2,7-3)15-9-11-8-12(14)10(4)16-11/h8,15H,5-7,9H2,1-4H3. The summed E-state index contributed by atoms with van der Waals surface area (Å²) < 4.78 is 1.24. The Morgan fingerprint density at radius 2 is 1.81 bits per heavy atom. The van der Waals surface area contributed by atoms with Crippen LogP contribution >= 0.6 is 27.3 Å². The fourth-order valence-corrected chi connectivity index (χ4v) is 3.55. The second-order valence-corrected chi connectivity index (χ2v) is 6.51. The molecule has 0 fully saturated rings. The van der Waals surface area contributed by atoms with Crippen LogP contribution in [0.15, 0.2) is 10.5 Å². The molecule has 0 aliphatic heterocycles. The third-order valence-corrected chi connectivity index (χ3v) is 5.71. The van der Waals surface area contributed by atoms with Crippen LogP contribution in [0.5, 0.6) is 0 Å². The van der Waals surface area contributed by atoms with E-state index in [0.717, 1.165) is 6.54 Å². The topological polar surface area (TPSA) is 12.0 Å². The molecule has 3 heteroatoms. The maximum atomic E-state index is 3.73. The molecular formula is C13H22BrNS. The van der Waals surface area contributed by atoms with Gasteiger partial charge in [0.25, 0.3) is 0 Å². The van der Waals surface area contributed by atoms with Crippen molar-refractivity contribution in [1.82, 2.24) is 5.32 Å². The van der Waals surface area contributed by atoms with Crippen LogP contribution in [0, 0.1) is 6.92 Å². The van der Waals surface area contributed by atoms with Crippen LogP contribution in [0.2, 0.25) is 0 Å². The first kappa shape index (κ1) is 14.2. The summed E-state index contributed by atoms with van der Waals surface area (Å²) in [6, 6.07) is 2.23. The Labute approximate surface area is 112 Å². The average Bonchev–Trinajstić information content (AvgIpc) is 2.61. The van der Waals surface area contributed by atoms with Crippen molar-refractivity contribution in [2.24, 2.45) is 0 Å². The zero-order chi connectivity index (χ0) is 12.2. The minimum Gasteiger partial charge on any atom is -0.306 e. The van der Waals surface area contributed by atoms with Gasteiger partial charge in [-0.3, -0.25) is 0 Å². The van der Waals surface area contributed by atoms with Crippen LogP contribution in [0.4, 0.5) is 0 Å². The quantitative estimate of drug-likeness (QED) is 0.790. The third-order valence-electron chi connectivity index (χ3n) is 3.58. The van der Waals surface area contributed by atoms with Crippen molar-refractivity contribution in [1.29, 1.82) is 0 Å². The molecule has 0 amide bonds. The van der Waals surface area contributed by atoms with Crippen LogP contribution < -0.4 is 5.32 Å². The Balaban J connectivity index is 2.62. The van der Waals surface area contributed by atoms with E-state index in [1.807, 2.05) is 11.3 Å². The number of hydrogen-bond acceptors (Lipinski definition) is 2. The second-order valence-electron chi connectivity index (χ2n) is 4.31. The molecule has 0 aromatic carbocycles. The molecule has 0 aliphatic carbocycles. The molecule has 0 spiro atoms. The molecule has 0 aliphatic rings. The minimum absolute atomic E-state index is 0.324. The second kappa shape index (κ2) is 6.18. The van der Waals surface area contributed by atoms with Gasteiger partial charge in [-0.1, -0.05) is 20.8 Å². The van der Waals surface area contributed by atoms with Crippen molar-refractivity contribution in [3.8, 4) is 0 Å². The summed E-state index contributed by atoms with van der Waals surface area (Å²) in [6.45, 7) is 9.97. The van der Waals surface area contributed by atoms with Gasteiger partial charge in [0.15, 0.2) is 0 Å². The molecular weight excluding hydrogens is 282 g/mol. The molecule has 92 valence electrons. The van der Waals surface area contributed by atoms with Crippen LogP contribution in [0.1, 0.15) is 49.8 Å². The lowest BCUT2D eigenvalue weighted by Gasteiger charge is -2.31. The van der Waals surface area contributed by atoms with Crippen LogP contribution in [-0.2, 0) is 6.54 Å². The lowest BCUT2D eigenvalue weighted by atomic mass is 9.90. The van der Waals surface area contributed by atoms with E-state index in [2.05, 4.69) is 55.0 Å². The Morgan fingerprint density at radius 3 is 2.19 bits per heavy atom. The molecule has 16 heavy (non-hydrogen) atoms. The Hall–Kier alpha value is 0.140. The van der Waals surface area contributed by atoms with Crippen molar-refractivity contribution in [2.75, 3.05) is 0 Å². The molecule has 1 rings (SSSR count). The fourth-order valence-electron chi connectivity index (χ4n) is 2.00. The van der Waals surface area contributed by atoms with E-state index in [-0.39, 0.29) is 0 Å². The number of thiophene rings is 1. The van der Waals surface area contributed by atoms with E-state index >= 15 is 0 Å². The van der Waals surface area contributed by atoms with Gasteiger partial charge in [-0.05, 0) is 48.2 Å². The van der Waals surface area contributed by atoms with Crippen molar-refractivity contribution in [2.45, 2.75) is 59.0 Å². The van der Waals surface area contributed by atoms with Crippen LogP contribution in [0.3, 0.4) is 0 Å². The zero-order valence-corrected chi connectivity index (χ0v) is 13.1. The van der Waals surface area contributed by atoms with Gasteiger partial charge in [0.2, 0.25) is 0 Å². The molecule has 1 heterocycles. The number of halogens is 1. The van der Waals surface area contributed by atoms with Gasteiger partial charge in [0.1, 0.15) is 0 Å². The largest absolute Gasteiger partial charge is 0.306 e. The summed E-state index contributed by atoms with van der Waals surface area (Å²) in [5.74, 6) is 0. The van der Waals surface area contributed by atoms with E-state index in [0.29, 0.717) is 5.54 Å². The summed E-state index contributed by atoms with van der Waals surface area (Å²) >= 11 is 5.45. The molecule has 1 N–H and O–H groups in total. The van der Waals surface area contributed by atoms with Crippen LogP contribution in [0.25, 0.3) is 0 Å². The highest BCUT2D eigenvalue weighted by atomic mass is 79.9. The van der Waals surface area contributed by atoms with Gasteiger partial charge in [-0.15, -0.1) is 11.3 Å². The molecule has 1 nitrogen and oxygen atoms in total. The van der Waals surface area contributed by atoms with E-state index in [1.54, 1.807) is 0 Å². The van der Waals surface area contributed by atoms with E-state index in [1.165, 1.54) is 33.5 Å². The predicted molar refractivity (Wildman–Crippen MR) is 77.2 cm³/mol. The molecule has 0 saturated heterocycles. The molecule has 0 bridgehead atoms. The van der Waals surface area contributed by atoms with Gasteiger partial charge in [0, 0.05) is 26.3 Å². The van der Waals surface area contributed by atoms with Gasteiger partial charge >= 0.3 is 0 Å². The summed E-state index contributed by atoms with van der Waals surface area (Å²) in [5, 5.41) is 3.73. The lowest BCUT2D eigenvalue weighted by Crippen LogP contribution is -2.42. The number of hydrogen-bond donors (Lipinski definition) is 1. The minimum atomic E-state index is 0.324. The van der Waals surface area contributed by atoms with Gasteiger partial charge in [0.05, 0.1) is 0 Å². The van der Waals surface area contributed by atoms with E-state index < -0.39 is 0 Å². The first-order valence-corrected chi connectivity index (χ1v) is 7.67. The number of nitrogens with one attached hydrogen (secondary N) is 1. The molecule has 0 radical (unpaired) electrons. The predicted octanol–water partition coefficient (Wildman–Crippen LogP) is 4.88. The SMILES string of the molecule is CCC(CC)(CC)NCc1cc(Br)c(C)s1. The summed E-state index contributed by atoms with van der Waals surface area (Å²) in [5.41, 5.74) is 0.324. The van der Waals surface area contributed by atoms with E-state index in [9.17, 15) is 0 Å². The van der Waals surface area contributed by atoms with Crippen molar-refractivity contribution < 1.29 is 0 Å². The highest BCUT2D eigenvalue weighted by Crippen LogP contribution is 2.27. The fraction of sp³-hybridized carbons (Fsp3) is 0.692. The average molecular weight is 304 g/mol. The maximum Gasteiger partial charge on any atom is 0.0314 e. The molecule has 1 aromatic heterocycles. The van der Waals surface area contributed by atoms with Crippen molar-refractivity contribution in [3.63, 3.8) is 0 Å².